The van der Waals surface area contributed by atoms with E-state index in [0.717, 1.165) is 23.4 Å². The van der Waals surface area contributed by atoms with Crippen LogP contribution < -0.4 is 5.73 Å². The molecule has 120 valence electrons. The topological polar surface area (TPSA) is 85.9 Å². The Balaban J connectivity index is 0.000000470. The summed E-state index contributed by atoms with van der Waals surface area (Å²) in [7, 11) is 0. The maximum absolute atomic E-state index is 10.8. The first-order valence-corrected chi connectivity index (χ1v) is 8.01. The number of aromatic nitrogens is 2. The van der Waals surface area contributed by atoms with Gasteiger partial charge in [0.1, 0.15) is 15.7 Å². The Labute approximate surface area is 135 Å². The van der Waals surface area contributed by atoms with Gasteiger partial charge >= 0.3 is 0 Å². The van der Waals surface area contributed by atoms with Gasteiger partial charge in [0.05, 0.1) is 6.20 Å². The Bertz CT molecular complexity index is 568. The molecule has 0 fully saturated rings. The van der Waals surface area contributed by atoms with Crippen LogP contribution in [0.4, 0.5) is 0 Å². The molecule has 2 aromatic heterocycles. The molecule has 0 unspecified atom stereocenters. The molecular weight excluding hydrogens is 298 g/mol. The van der Waals surface area contributed by atoms with E-state index in [9.17, 15) is 9.59 Å². The number of Topliss-reactive ketones (excluding diaryl/α,β-unsaturated/α-hetero) is 1. The minimum Gasteiger partial charge on any atom is -0.365 e. The zero-order valence-electron chi connectivity index (χ0n) is 13.5. The van der Waals surface area contributed by atoms with Crippen LogP contribution in [0, 0.1) is 0 Å². The number of nitrogens with zero attached hydrogens (tertiary/aromatic N) is 2. The van der Waals surface area contributed by atoms with E-state index in [2.05, 4.69) is 9.97 Å². The van der Waals surface area contributed by atoms with Gasteiger partial charge in [-0.05, 0) is 25.5 Å². The molecular formula is C16H23N3O2S. The summed E-state index contributed by atoms with van der Waals surface area (Å²) in [5.74, 6) is -0.157. The van der Waals surface area contributed by atoms with Crippen molar-refractivity contribution in [1.82, 2.24) is 9.97 Å². The molecule has 2 heterocycles. The lowest BCUT2D eigenvalue weighted by Gasteiger charge is -1.91. The molecule has 0 atom stereocenters. The molecule has 5 nitrogen and oxygen atoms in total. The third kappa shape index (κ3) is 7.64. The highest BCUT2D eigenvalue weighted by molar-refractivity contribution is 7.16. The van der Waals surface area contributed by atoms with E-state index in [4.69, 9.17) is 5.73 Å². The third-order valence-corrected chi connectivity index (χ3v) is 3.32. The molecule has 1 amide bonds. The highest BCUT2D eigenvalue weighted by atomic mass is 32.1. The Morgan fingerprint density at radius 3 is 2.32 bits per heavy atom. The summed E-state index contributed by atoms with van der Waals surface area (Å²) in [5.41, 5.74) is 6.01. The summed E-state index contributed by atoms with van der Waals surface area (Å²) in [5, 5.41) is 0.756. The highest BCUT2D eigenvalue weighted by Gasteiger charge is 2.07. The zero-order valence-corrected chi connectivity index (χ0v) is 14.3. The van der Waals surface area contributed by atoms with Crippen LogP contribution >= 0.6 is 11.3 Å². The molecule has 6 heteroatoms. The second-order valence-electron chi connectivity index (χ2n) is 4.09. The number of ketones is 1. The molecule has 0 spiro atoms. The zero-order chi connectivity index (χ0) is 17.0. The molecule has 0 aromatic carbocycles. The van der Waals surface area contributed by atoms with Crippen LogP contribution in [0.2, 0.25) is 0 Å². The van der Waals surface area contributed by atoms with Crippen LogP contribution in [0.25, 0.3) is 10.6 Å². The molecule has 2 N–H and O–H groups in total. The van der Waals surface area contributed by atoms with E-state index < -0.39 is 5.91 Å². The number of carbonyl (C=O) groups is 2. The Morgan fingerprint density at radius 2 is 1.95 bits per heavy atom. The number of pyridine rings is 1. The van der Waals surface area contributed by atoms with Crippen molar-refractivity contribution < 1.29 is 9.59 Å². The van der Waals surface area contributed by atoms with Gasteiger partial charge in [-0.3, -0.25) is 9.78 Å². The summed E-state index contributed by atoms with van der Waals surface area (Å²) in [6.45, 7) is 7.62. The van der Waals surface area contributed by atoms with Crippen molar-refractivity contribution >= 4 is 23.0 Å². The Morgan fingerprint density at radius 1 is 1.27 bits per heavy atom. The van der Waals surface area contributed by atoms with Crippen molar-refractivity contribution in [2.45, 2.75) is 40.5 Å². The van der Waals surface area contributed by atoms with Crippen LogP contribution in [0.1, 0.15) is 50.2 Å². The van der Waals surface area contributed by atoms with E-state index in [1.165, 1.54) is 17.5 Å². The standard InChI is InChI=1S/C9H7N3OS.C5H10O.C2H6/c10-8(13)7-5-12-9(14-7)6-2-1-3-11-4-6;1-3-4-5(2)6;1-2/h1-5H,(H2,10,13);3-4H2,1-2H3;1-2H3. The van der Waals surface area contributed by atoms with Crippen molar-refractivity contribution in [2.75, 3.05) is 0 Å². The van der Waals surface area contributed by atoms with Gasteiger partial charge in [0.25, 0.3) is 5.91 Å². The van der Waals surface area contributed by atoms with Gasteiger partial charge in [0, 0.05) is 24.4 Å². The minimum atomic E-state index is -0.447. The average molecular weight is 321 g/mol. The van der Waals surface area contributed by atoms with Crippen molar-refractivity contribution in [3.8, 4) is 10.6 Å². The van der Waals surface area contributed by atoms with Crippen molar-refractivity contribution in [2.24, 2.45) is 5.73 Å². The van der Waals surface area contributed by atoms with Crippen molar-refractivity contribution in [1.29, 1.82) is 0 Å². The number of amides is 1. The van der Waals surface area contributed by atoms with E-state index in [1.807, 2.05) is 32.9 Å². The van der Waals surface area contributed by atoms with Gasteiger partial charge in [0.2, 0.25) is 0 Å². The minimum absolute atomic E-state index is 0.289. The van der Waals surface area contributed by atoms with Gasteiger partial charge in [-0.1, -0.05) is 20.8 Å². The fourth-order valence-corrected chi connectivity index (χ4v) is 2.12. The quantitative estimate of drug-likeness (QED) is 0.930. The average Bonchev–Trinajstić information content (AvgIpc) is 3.01. The van der Waals surface area contributed by atoms with Gasteiger partial charge in [-0.15, -0.1) is 11.3 Å². The Kier molecular flexibility index (Phi) is 10.5. The lowest BCUT2D eigenvalue weighted by molar-refractivity contribution is -0.117. The molecule has 0 saturated carbocycles. The van der Waals surface area contributed by atoms with Gasteiger partial charge in [-0.2, -0.15) is 0 Å². The predicted molar refractivity (Wildman–Crippen MR) is 90.8 cm³/mol. The maximum Gasteiger partial charge on any atom is 0.260 e. The monoisotopic (exact) mass is 321 g/mol. The molecule has 2 rings (SSSR count). The largest absolute Gasteiger partial charge is 0.365 e. The van der Waals surface area contributed by atoms with Gasteiger partial charge < -0.3 is 10.5 Å². The number of rotatable bonds is 4. The normalized spacial score (nSPS) is 8.91. The number of thiazole rings is 1. The summed E-state index contributed by atoms with van der Waals surface area (Å²) >= 11 is 1.27. The van der Waals surface area contributed by atoms with Gasteiger partial charge in [-0.25, -0.2) is 4.98 Å². The third-order valence-electron chi connectivity index (χ3n) is 2.26. The van der Waals surface area contributed by atoms with Crippen molar-refractivity contribution in [3.05, 3.63) is 35.6 Å². The lowest BCUT2D eigenvalue weighted by atomic mass is 10.3. The summed E-state index contributed by atoms with van der Waals surface area (Å²) in [6, 6.07) is 3.71. The fraction of sp³-hybridized carbons (Fsp3) is 0.375. The van der Waals surface area contributed by atoms with E-state index in [1.54, 1.807) is 19.3 Å². The smallest absolute Gasteiger partial charge is 0.260 e. The van der Waals surface area contributed by atoms with E-state index in [0.29, 0.717) is 4.88 Å². The summed E-state index contributed by atoms with van der Waals surface area (Å²) in [4.78, 5) is 29.4. The predicted octanol–water partition coefficient (Wildman–Crippen LogP) is 3.71. The van der Waals surface area contributed by atoms with Crippen molar-refractivity contribution in [3.63, 3.8) is 0 Å². The SMILES string of the molecule is CC.CCCC(C)=O.NC(=O)c1cnc(-c2cccnc2)s1. The number of hydrogen-bond donors (Lipinski definition) is 1. The number of primary amides is 1. The first-order chi connectivity index (χ1) is 10.5. The number of carbonyl (C=O) groups excluding carboxylic acids is 2. The summed E-state index contributed by atoms with van der Waals surface area (Å²) < 4.78 is 0. The number of hydrogen-bond acceptors (Lipinski definition) is 5. The second kappa shape index (κ2) is 11.6. The Hall–Kier alpha value is -2.08. The molecule has 0 saturated heterocycles. The maximum atomic E-state index is 10.8. The van der Waals surface area contributed by atoms with E-state index in [-0.39, 0.29) is 5.78 Å². The van der Waals surface area contributed by atoms with Gasteiger partial charge in [0.15, 0.2) is 0 Å². The van der Waals surface area contributed by atoms with Crippen LogP contribution in [0.15, 0.2) is 30.7 Å². The molecule has 2 aromatic rings. The number of nitrogens with two attached hydrogens (primary N) is 1. The first-order valence-electron chi connectivity index (χ1n) is 7.20. The van der Waals surface area contributed by atoms with Crippen LogP contribution in [0.5, 0.6) is 0 Å². The fourth-order valence-electron chi connectivity index (χ4n) is 1.36. The molecule has 0 aliphatic rings. The second-order valence-corrected chi connectivity index (χ2v) is 5.12. The molecule has 0 bridgehead atoms. The lowest BCUT2D eigenvalue weighted by Crippen LogP contribution is -2.08. The highest BCUT2D eigenvalue weighted by Crippen LogP contribution is 2.23. The first kappa shape index (κ1) is 19.9. The molecule has 22 heavy (non-hydrogen) atoms. The van der Waals surface area contributed by atoms with Crippen LogP contribution in [0.3, 0.4) is 0 Å². The molecule has 0 radical (unpaired) electrons. The summed E-state index contributed by atoms with van der Waals surface area (Å²) in [6.07, 6.45) is 6.58. The molecule has 0 aliphatic carbocycles. The van der Waals surface area contributed by atoms with Crippen LogP contribution in [-0.4, -0.2) is 21.7 Å². The van der Waals surface area contributed by atoms with Crippen LogP contribution in [-0.2, 0) is 4.79 Å². The van der Waals surface area contributed by atoms with E-state index >= 15 is 0 Å². The molecule has 0 aliphatic heterocycles.